The lowest BCUT2D eigenvalue weighted by Crippen LogP contribution is -2.45. The SMILES string of the molecule is COC(=O)Cc1ccc(S(=O)(=O)NC(C)(C)C2CC2)cc1. The summed E-state index contributed by atoms with van der Waals surface area (Å²) in [5.74, 6) is 0.0597. The molecule has 1 fully saturated rings. The number of hydrogen-bond donors (Lipinski definition) is 1. The fourth-order valence-corrected chi connectivity index (χ4v) is 3.79. The van der Waals surface area contributed by atoms with Crippen molar-refractivity contribution in [2.24, 2.45) is 5.92 Å². The second kappa shape index (κ2) is 5.77. The maximum Gasteiger partial charge on any atom is 0.309 e. The lowest BCUT2D eigenvalue weighted by atomic mass is 10.0. The van der Waals surface area contributed by atoms with Crippen molar-refractivity contribution in [3.63, 3.8) is 0 Å². The van der Waals surface area contributed by atoms with E-state index in [-0.39, 0.29) is 17.3 Å². The summed E-state index contributed by atoms with van der Waals surface area (Å²) in [6, 6.07) is 6.30. The van der Waals surface area contributed by atoms with Crippen LogP contribution in [0.25, 0.3) is 0 Å². The summed E-state index contributed by atoms with van der Waals surface area (Å²) < 4.78 is 32.1. The zero-order chi connectivity index (χ0) is 15.7. The highest BCUT2D eigenvalue weighted by atomic mass is 32.2. The highest BCUT2D eigenvalue weighted by molar-refractivity contribution is 7.89. The van der Waals surface area contributed by atoms with Gasteiger partial charge in [0.05, 0.1) is 18.4 Å². The summed E-state index contributed by atoms with van der Waals surface area (Å²) in [6.45, 7) is 3.82. The smallest absolute Gasteiger partial charge is 0.309 e. The first kappa shape index (κ1) is 16.0. The third-order valence-electron chi connectivity index (χ3n) is 3.81. The molecule has 0 unspecified atom stereocenters. The highest BCUT2D eigenvalue weighted by Crippen LogP contribution is 2.39. The topological polar surface area (TPSA) is 72.5 Å². The third kappa shape index (κ3) is 4.04. The van der Waals surface area contributed by atoms with Crippen molar-refractivity contribution in [3.8, 4) is 0 Å². The zero-order valence-electron chi connectivity index (χ0n) is 12.5. The highest BCUT2D eigenvalue weighted by Gasteiger charge is 2.40. The average molecular weight is 311 g/mol. The molecule has 0 radical (unpaired) electrons. The largest absolute Gasteiger partial charge is 0.469 e. The normalized spacial score (nSPS) is 15.8. The van der Waals surface area contributed by atoms with Crippen LogP contribution in [-0.4, -0.2) is 27.0 Å². The van der Waals surface area contributed by atoms with Gasteiger partial charge < -0.3 is 4.74 Å². The molecule has 0 bridgehead atoms. The van der Waals surface area contributed by atoms with Crippen molar-refractivity contribution in [1.29, 1.82) is 0 Å². The maximum absolute atomic E-state index is 12.4. The zero-order valence-corrected chi connectivity index (χ0v) is 13.4. The molecule has 21 heavy (non-hydrogen) atoms. The molecule has 5 nitrogen and oxygen atoms in total. The molecule has 1 aliphatic carbocycles. The maximum atomic E-state index is 12.4. The van der Waals surface area contributed by atoms with E-state index in [0.29, 0.717) is 5.92 Å². The van der Waals surface area contributed by atoms with Crippen LogP contribution >= 0.6 is 0 Å². The van der Waals surface area contributed by atoms with Crippen molar-refractivity contribution in [3.05, 3.63) is 29.8 Å². The van der Waals surface area contributed by atoms with E-state index in [1.807, 2.05) is 13.8 Å². The molecule has 0 saturated heterocycles. The van der Waals surface area contributed by atoms with Crippen molar-refractivity contribution >= 4 is 16.0 Å². The van der Waals surface area contributed by atoms with Crippen LogP contribution in [0.1, 0.15) is 32.3 Å². The van der Waals surface area contributed by atoms with E-state index < -0.39 is 15.6 Å². The fraction of sp³-hybridized carbons (Fsp3) is 0.533. The number of nitrogens with one attached hydrogen (secondary N) is 1. The predicted molar refractivity (Wildman–Crippen MR) is 79.3 cm³/mol. The number of carbonyl (C=O) groups excluding carboxylic acids is 1. The van der Waals surface area contributed by atoms with E-state index in [1.54, 1.807) is 12.1 Å². The predicted octanol–water partition coefficient (Wildman–Crippen LogP) is 1.87. The molecule has 0 heterocycles. The van der Waals surface area contributed by atoms with Crippen LogP contribution in [0.5, 0.6) is 0 Å². The van der Waals surface area contributed by atoms with Gasteiger partial charge in [0.1, 0.15) is 0 Å². The summed E-state index contributed by atoms with van der Waals surface area (Å²) >= 11 is 0. The van der Waals surface area contributed by atoms with Crippen molar-refractivity contribution in [2.45, 2.75) is 43.5 Å². The minimum Gasteiger partial charge on any atom is -0.469 e. The molecule has 1 aromatic carbocycles. The van der Waals surface area contributed by atoms with Crippen molar-refractivity contribution < 1.29 is 17.9 Å². The minimum atomic E-state index is -3.54. The van der Waals surface area contributed by atoms with Crippen LogP contribution in [0.4, 0.5) is 0 Å². The van der Waals surface area contributed by atoms with Crippen molar-refractivity contribution in [2.75, 3.05) is 7.11 Å². The summed E-state index contributed by atoms with van der Waals surface area (Å²) in [7, 11) is -2.22. The molecular weight excluding hydrogens is 290 g/mol. The lowest BCUT2D eigenvalue weighted by molar-refractivity contribution is -0.139. The molecule has 0 amide bonds. The number of carbonyl (C=O) groups is 1. The van der Waals surface area contributed by atoms with Crippen LogP contribution < -0.4 is 4.72 Å². The molecule has 2 rings (SSSR count). The molecule has 1 aliphatic rings. The first-order chi connectivity index (χ1) is 9.74. The Labute approximate surface area is 125 Å². The molecular formula is C15H21NO4S. The Kier molecular flexibility index (Phi) is 4.39. The first-order valence-corrected chi connectivity index (χ1v) is 8.42. The minimum absolute atomic E-state index is 0.137. The van der Waals surface area contributed by atoms with E-state index in [4.69, 9.17) is 0 Å². The van der Waals surface area contributed by atoms with Gasteiger partial charge in [0.2, 0.25) is 10.0 Å². The summed E-state index contributed by atoms with van der Waals surface area (Å²) in [5, 5.41) is 0. The Hall–Kier alpha value is -1.40. The van der Waals surface area contributed by atoms with Gasteiger partial charge in [0.15, 0.2) is 0 Å². The van der Waals surface area contributed by atoms with E-state index >= 15 is 0 Å². The number of methoxy groups -OCH3 is 1. The van der Waals surface area contributed by atoms with E-state index in [9.17, 15) is 13.2 Å². The Balaban J connectivity index is 2.11. The lowest BCUT2D eigenvalue weighted by Gasteiger charge is -2.25. The molecule has 0 aliphatic heterocycles. The van der Waals surface area contributed by atoms with Crippen LogP contribution in [0.2, 0.25) is 0 Å². The first-order valence-electron chi connectivity index (χ1n) is 6.94. The Morgan fingerprint density at radius 2 is 1.86 bits per heavy atom. The van der Waals surface area contributed by atoms with Crippen molar-refractivity contribution in [1.82, 2.24) is 4.72 Å². The second-order valence-electron chi connectivity index (χ2n) is 6.00. The quantitative estimate of drug-likeness (QED) is 0.814. The second-order valence-corrected chi connectivity index (χ2v) is 7.68. The number of benzene rings is 1. The Morgan fingerprint density at radius 3 is 2.33 bits per heavy atom. The van der Waals surface area contributed by atoms with Gasteiger partial charge in [-0.1, -0.05) is 12.1 Å². The summed E-state index contributed by atoms with van der Waals surface area (Å²) in [4.78, 5) is 11.4. The molecule has 0 aromatic heterocycles. The van der Waals surface area contributed by atoms with E-state index in [0.717, 1.165) is 18.4 Å². The number of sulfonamides is 1. The third-order valence-corrected chi connectivity index (χ3v) is 5.49. The summed E-state index contributed by atoms with van der Waals surface area (Å²) in [5.41, 5.74) is 0.297. The molecule has 116 valence electrons. The molecule has 0 spiro atoms. The number of ether oxygens (including phenoxy) is 1. The van der Waals surface area contributed by atoms with Crippen LogP contribution in [0.3, 0.4) is 0 Å². The molecule has 0 atom stereocenters. The van der Waals surface area contributed by atoms with E-state index in [2.05, 4.69) is 9.46 Å². The van der Waals surface area contributed by atoms with Crippen LogP contribution in [0, 0.1) is 5.92 Å². The standard InChI is InChI=1S/C15H21NO4S/c1-15(2,12-6-7-12)16-21(18,19)13-8-4-11(5-9-13)10-14(17)20-3/h4-5,8-9,12,16H,6-7,10H2,1-3H3. The van der Waals surface area contributed by atoms with Gasteiger partial charge in [-0.05, 0) is 50.3 Å². The molecule has 1 aromatic rings. The molecule has 6 heteroatoms. The Bertz CT molecular complexity index is 616. The van der Waals surface area contributed by atoms with Gasteiger partial charge in [-0.3, -0.25) is 4.79 Å². The van der Waals surface area contributed by atoms with Gasteiger partial charge in [0.25, 0.3) is 0 Å². The van der Waals surface area contributed by atoms with Crippen LogP contribution in [0.15, 0.2) is 29.2 Å². The monoisotopic (exact) mass is 311 g/mol. The molecule has 1 saturated carbocycles. The van der Waals surface area contributed by atoms with Gasteiger partial charge in [-0.2, -0.15) is 0 Å². The van der Waals surface area contributed by atoms with Gasteiger partial charge in [-0.15, -0.1) is 0 Å². The fourth-order valence-electron chi connectivity index (χ4n) is 2.32. The number of hydrogen-bond acceptors (Lipinski definition) is 4. The van der Waals surface area contributed by atoms with Gasteiger partial charge in [-0.25, -0.2) is 13.1 Å². The van der Waals surface area contributed by atoms with E-state index in [1.165, 1.54) is 19.2 Å². The molecule has 1 N–H and O–H groups in total. The Morgan fingerprint density at radius 1 is 1.29 bits per heavy atom. The van der Waals surface area contributed by atoms with Gasteiger partial charge >= 0.3 is 5.97 Å². The number of esters is 1. The number of rotatable bonds is 6. The van der Waals surface area contributed by atoms with Gasteiger partial charge in [0, 0.05) is 5.54 Å². The average Bonchev–Trinajstić information content (AvgIpc) is 3.22. The summed E-state index contributed by atoms with van der Waals surface area (Å²) in [6.07, 6.45) is 2.26. The van der Waals surface area contributed by atoms with Crippen LogP contribution in [-0.2, 0) is 26.0 Å².